The summed E-state index contributed by atoms with van der Waals surface area (Å²) in [5.41, 5.74) is 1.42. The number of hydrogen-bond acceptors (Lipinski definition) is 6. The number of aliphatic hydroxyl groups is 1. The Morgan fingerprint density at radius 1 is 0.720 bits per heavy atom. The number of ether oxygens (including phenoxy) is 5. The summed E-state index contributed by atoms with van der Waals surface area (Å²) in [7, 11) is 7.75. The van der Waals surface area contributed by atoms with Crippen LogP contribution >= 0.6 is 0 Å². The summed E-state index contributed by atoms with van der Waals surface area (Å²) >= 11 is 0. The van der Waals surface area contributed by atoms with Gasteiger partial charge in [-0.3, -0.25) is 0 Å². The molecule has 0 aliphatic rings. The fourth-order valence-electron chi connectivity index (χ4n) is 2.69. The predicted octanol–water partition coefficient (Wildman–Crippen LogP) is 3.14. The SMILES string of the molecule is COc1ccc(C(OC)C(O)c2cc(OC)c(OC)c(OC)c2)cc1. The van der Waals surface area contributed by atoms with E-state index in [-0.39, 0.29) is 0 Å². The predicted molar refractivity (Wildman–Crippen MR) is 93.8 cm³/mol. The van der Waals surface area contributed by atoms with Crippen molar-refractivity contribution in [1.82, 2.24) is 0 Å². The molecule has 2 unspecified atom stereocenters. The molecule has 0 spiro atoms. The largest absolute Gasteiger partial charge is 0.497 e. The highest BCUT2D eigenvalue weighted by atomic mass is 16.5. The minimum absolute atomic E-state index is 0.472. The lowest BCUT2D eigenvalue weighted by Gasteiger charge is -2.24. The number of rotatable bonds is 8. The highest BCUT2D eigenvalue weighted by Crippen LogP contribution is 2.42. The molecule has 1 N–H and O–H groups in total. The van der Waals surface area contributed by atoms with Gasteiger partial charge in [0.05, 0.1) is 28.4 Å². The van der Waals surface area contributed by atoms with Crippen LogP contribution in [0.3, 0.4) is 0 Å². The average molecular weight is 348 g/mol. The fourth-order valence-corrected chi connectivity index (χ4v) is 2.69. The second kappa shape index (κ2) is 8.60. The van der Waals surface area contributed by atoms with Crippen molar-refractivity contribution in [1.29, 1.82) is 0 Å². The Labute approximate surface area is 147 Å². The van der Waals surface area contributed by atoms with Gasteiger partial charge in [-0.15, -0.1) is 0 Å². The van der Waals surface area contributed by atoms with E-state index >= 15 is 0 Å². The summed E-state index contributed by atoms with van der Waals surface area (Å²) in [5.74, 6) is 2.15. The first kappa shape index (κ1) is 18.9. The van der Waals surface area contributed by atoms with E-state index in [1.165, 1.54) is 21.3 Å². The molecule has 0 aliphatic heterocycles. The van der Waals surface area contributed by atoms with Crippen molar-refractivity contribution in [2.24, 2.45) is 0 Å². The third-order valence-electron chi connectivity index (χ3n) is 4.01. The smallest absolute Gasteiger partial charge is 0.203 e. The van der Waals surface area contributed by atoms with Gasteiger partial charge < -0.3 is 28.8 Å². The van der Waals surface area contributed by atoms with E-state index in [4.69, 9.17) is 23.7 Å². The standard InChI is InChI=1S/C19H24O6/c1-21-14-8-6-12(7-9-14)18(24-4)17(20)13-10-15(22-2)19(25-5)16(11-13)23-3/h6-11,17-18,20H,1-5H3. The summed E-state index contributed by atoms with van der Waals surface area (Å²) in [5, 5.41) is 10.9. The molecule has 0 radical (unpaired) electrons. The Morgan fingerprint density at radius 3 is 1.68 bits per heavy atom. The Bertz CT molecular complexity index is 658. The van der Waals surface area contributed by atoms with Gasteiger partial charge in [-0.05, 0) is 35.4 Å². The van der Waals surface area contributed by atoms with Crippen LogP contribution in [0.1, 0.15) is 23.3 Å². The Kier molecular flexibility index (Phi) is 6.50. The molecule has 0 aromatic heterocycles. The molecule has 0 heterocycles. The van der Waals surface area contributed by atoms with Gasteiger partial charge >= 0.3 is 0 Å². The van der Waals surface area contributed by atoms with Crippen LogP contribution in [0.5, 0.6) is 23.0 Å². The van der Waals surface area contributed by atoms with Gasteiger partial charge in [0.15, 0.2) is 11.5 Å². The van der Waals surface area contributed by atoms with Crippen molar-refractivity contribution in [3.05, 3.63) is 47.5 Å². The molecule has 0 aliphatic carbocycles. The first-order valence-corrected chi connectivity index (χ1v) is 7.74. The topological polar surface area (TPSA) is 66.4 Å². The molecule has 0 amide bonds. The van der Waals surface area contributed by atoms with E-state index in [2.05, 4.69) is 0 Å². The third-order valence-corrected chi connectivity index (χ3v) is 4.01. The van der Waals surface area contributed by atoms with Crippen molar-refractivity contribution >= 4 is 0 Å². The minimum Gasteiger partial charge on any atom is -0.497 e. The summed E-state index contributed by atoms with van der Waals surface area (Å²) < 4.78 is 26.7. The van der Waals surface area contributed by atoms with Crippen LogP contribution in [0.2, 0.25) is 0 Å². The van der Waals surface area contributed by atoms with Crippen LogP contribution < -0.4 is 18.9 Å². The van der Waals surface area contributed by atoms with E-state index in [0.29, 0.717) is 22.8 Å². The van der Waals surface area contributed by atoms with Crippen molar-refractivity contribution < 1.29 is 28.8 Å². The second-order valence-electron chi connectivity index (χ2n) is 5.33. The molecule has 0 saturated carbocycles. The van der Waals surface area contributed by atoms with E-state index in [9.17, 15) is 5.11 Å². The summed E-state index contributed by atoms with van der Waals surface area (Å²) in [6.45, 7) is 0. The quantitative estimate of drug-likeness (QED) is 0.790. The Hall–Kier alpha value is -2.44. The lowest BCUT2D eigenvalue weighted by Crippen LogP contribution is -2.13. The molecular weight excluding hydrogens is 324 g/mol. The summed E-state index contributed by atoms with van der Waals surface area (Å²) in [4.78, 5) is 0. The zero-order valence-corrected chi connectivity index (χ0v) is 15.1. The van der Waals surface area contributed by atoms with Crippen molar-refractivity contribution in [2.45, 2.75) is 12.2 Å². The summed E-state index contributed by atoms with van der Waals surface area (Å²) in [6, 6.07) is 10.8. The Morgan fingerprint density at radius 2 is 1.28 bits per heavy atom. The van der Waals surface area contributed by atoms with Gasteiger partial charge in [-0.1, -0.05) is 12.1 Å². The van der Waals surface area contributed by atoms with E-state index < -0.39 is 12.2 Å². The fraction of sp³-hybridized carbons (Fsp3) is 0.368. The van der Waals surface area contributed by atoms with Crippen LogP contribution in [0, 0.1) is 0 Å². The van der Waals surface area contributed by atoms with Crippen LogP contribution in [-0.4, -0.2) is 40.7 Å². The van der Waals surface area contributed by atoms with Gasteiger partial charge in [0.25, 0.3) is 0 Å². The van der Waals surface area contributed by atoms with Crippen molar-refractivity contribution in [3.63, 3.8) is 0 Å². The van der Waals surface area contributed by atoms with Gasteiger partial charge in [-0.25, -0.2) is 0 Å². The van der Waals surface area contributed by atoms with Gasteiger partial charge in [0.1, 0.15) is 18.0 Å². The van der Waals surface area contributed by atoms with Crippen molar-refractivity contribution in [3.8, 4) is 23.0 Å². The zero-order valence-electron chi connectivity index (χ0n) is 15.1. The zero-order chi connectivity index (χ0) is 18.4. The maximum Gasteiger partial charge on any atom is 0.203 e. The van der Waals surface area contributed by atoms with Crippen LogP contribution in [0.4, 0.5) is 0 Å². The first-order chi connectivity index (χ1) is 12.1. The van der Waals surface area contributed by atoms with E-state index in [0.717, 1.165) is 11.3 Å². The van der Waals surface area contributed by atoms with Gasteiger partial charge in [0.2, 0.25) is 5.75 Å². The average Bonchev–Trinajstić information content (AvgIpc) is 2.67. The molecule has 25 heavy (non-hydrogen) atoms. The number of aliphatic hydroxyl groups excluding tert-OH is 1. The third kappa shape index (κ3) is 3.97. The number of benzene rings is 2. The monoisotopic (exact) mass is 348 g/mol. The normalized spacial score (nSPS) is 13.0. The lowest BCUT2D eigenvalue weighted by molar-refractivity contribution is -0.0151. The molecule has 6 heteroatoms. The number of hydrogen-bond donors (Lipinski definition) is 1. The molecule has 2 rings (SSSR count). The molecule has 2 atom stereocenters. The molecule has 2 aromatic carbocycles. The molecule has 136 valence electrons. The summed E-state index contributed by atoms with van der Waals surface area (Å²) in [6.07, 6.45) is -1.49. The van der Waals surface area contributed by atoms with Gasteiger partial charge in [0, 0.05) is 7.11 Å². The van der Waals surface area contributed by atoms with Crippen LogP contribution in [0.25, 0.3) is 0 Å². The van der Waals surface area contributed by atoms with Gasteiger partial charge in [-0.2, -0.15) is 0 Å². The molecule has 2 aromatic rings. The maximum atomic E-state index is 10.9. The lowest BCUT2D eigenvalue weighted by atomic mass is 9.97. The molecule has 0 saturated heterocycles. The van der Waals surface area contributed by atoms with Crippen LogP contribution in [0.15, 0.2) is 36.4 Å². The van der Waals surface area contributed by atoms with Crippen molar-refractivity contribution in [2.75, 3.05) is 35.5 Å². The Balaban J connectivity index is 2.40. The highest BCUT2D eigenvalue weighted by molar-refractivity contribution is 5.54. The molecular formula is C19H24O6. The minimum atomic E-state index is -0.924. The highest BCUT2D eigenvalue weighted by Gasteiger charge is 2.25. The molecule has 6 nitrogen and oxygen atoms in total. The molecule has 0 bridgehead atoms. The van der Waals surface area contributed by atoms with E-state index in [1.54, 1.807) is 26.4 Å². The molecule has 0 fully saturated rings. The van der Waals surface area contributed by atoms with E-state index in [1.807, 2.05) is 24.3 Å². The first-order valence-electron chi connectivity index (χ1n) is 7.74. The second-order valence-corrected chi connectivity index (χ2v) is 5.33. The van der Waals surface area contributed by atoms with Crippen LogP contribution in [-0.2, 0) is 4.74 Å². The maximum absolute atomic E-state index is 10.9. The number of methoxy groups -OCH3 is 5.